The molecule has 0 radical (unpaired) electrons. The third kappa shape index (κ3) is 4.84. The molecule has 0 atom stereocenters. The van der Waals surface area contributed by atoms with Gasteiger partial charge in [-0.05, 0) is 36.4 Å². The van der Waals surface area contributed by atoms with Gasteiger partial charge in [-0.15, -0.1) is 11.3 Å². The largest absolute Gasteiger partial charge is 0.352 e. The first-order valence-electron chi connectivity index (χ1n) is 7.93. The molecule has 0 aliphatic heterocycles. The molecule has 0 saturated heterocycles. The van der Waals surface area contributed by atoms with Gasteiger partial charge in [0.1, 0.15) is 5.82 Å². The predicted molar refractivity (Wildman–Crippen MR) is 99.7 cm³/mol. The van der Waals surface area contributed by atoms with Crippen LogP contribution < -0.4 is 5.32 Å². The van der Waals surface area contributed by atoms with Crippen molar-refractivity contribution in [1.82, 2.24) is 10.3 Å². The van der Waals surface area contributed by atoms with Crippen molar-refractivity contribution >= 4 is 23.3 Å². The van der Waals surface area contributed by atoms with E-state index in [0.29, 0.717) is 18.5 Å². The van der Waals surface area contributed by atoms with E-state index in [0.717, 1.165) is 15.4 Å². The van der Waals surface area contributed by atoms with Crippen LogP contribution in [-0.4, -0.2) is 17.4 Å². The summed E-state index contributed by atoms with van der Waals surface area (Å²) in [5.74, 6) is -0.399. The standard InChI is InChI=1S/C20H17FN2OS/c21-18-7-2-1-6-17(18)19-10-8-16(25-19)9-11-20(24)23-14-12-15-5-3-4-13-22-15/h1-11,13H,12,14H2,(H,23,24). The number of nitrogens with zero attached hydrogens (tertiary/aromatic N) is 1. The highest BCUT2D eigenvalue weighted by Crippen LogP contribution is 2.30. The Morgan fingerprint density at radius 1 is 1.12 bits per heavy atom. The van der Waals surface area contributed by atoms with Crippen LogP contribution in [0.5, 0.6) is 0 Å². The van der Waals surface area contributed by atoms with Gasteiger partial charge in [0.25, 0.3) is 0 Å². The SMILES string of the molecule is O=C(C=Cc1ccc(-c2ccccc2F)s1)NCCc1ccccn1. The summed E-state index contributed by atoms with van der Waals surface area (Å²) >= 11 is 1.45. The minimum Gasteiger partial charge on any atom is -0.352 e. The van der Waals surface area contributed by atoms with Gasteiger partial charge in [0.05, 0.1) is 0 Å². The Bertz CT molecular complexity index is 874. The molecule has 3 rings (SSSR count). The molecule has 0 fully saturated rings. The Balaban J connectivity index is 1.54. The monoisotopic (exact) mass is 352 g/mol. The number of amides is 1. The van der Waals surface area contributed by atoms with Crippen molar-refractivity contribution in [3.63, 3.8) is 0 Å². The molecule has 2 heterocycles. The number of thiophene rings is 1. The summed E-state index contributed by atoms with van der Waals surface area (Å²) in [6.07, 6.45) is 5.67. The Hall–Kier alpha value is -2.79. The molecule has 0 bridgehead atoms. The minimum atomic E-state index is -0.243. The van der Waals surface area contributed by atoms with Crippen LogP contribution in [-0.2, 0) is 11.2 Å². The lowest BCUT2D eigenvalue weighted by Gasteiger charge is -2.01. The maximum atomic E-state index is 13.8. The zero-order chi connectivity index (χ0) is 17.5. The average Bonchev–Trinajstić information content (AvgIpc) is 3.10. The Labute approximate surface area is 149 Å². The molecule has 1 N–H and O–H groups in total. The molecule has 3 nitrogen and oxygen atoms in total. The summed E-state index contributed by atoms with van der Waals surface area (Å²) in [6, 6.07) is 16.1. The average molecular weight is 352 g/mol. The van der Waals surface area contributed by atoms with Gasteiger partial charge in [-0.1, -0.05) is 24.3 Å². The van der Waals surface area contributed by atoms with Crippen LogP contribution in [0.1, 0.15) is 10.6 Å². The van der Waals surface area contributed by atoms with E-state index in [2.05, 4.69) is 10.3 Å². The van der Waals surface area contributed by atoms with Crippen molar-refractivity contribution in [1.29, 1.82) is 0 Å². The van der Waals surface area contributed by atoms with E-state index in [-0.39, 0.29) is 11.7 Å². The molecule has 1 amide bonds. The number of carbonyl (C=O) groups is 1. The Morgan fingerprint density at radius 2 is 1.96 bits per heavy atom. The van der Waals surface area contributed by atoms with E-state index in [9.17, 15) is 9.18 Å². The number of nitrogens with one attached hydrogen (secondary N) is 1. The summed E-state index contributed by atoms with van der Waals surface area (Å²) in [5.41, 5.74) is 1.52. The zero-order valence-electron chi connectivity index (χ0n) is 13.5. The molecule has 0 aliphatic rings. The van der Waals surface area contributed by atoms with Crippen LogP contribution in [0.4, 0.5) is 4.39 Å². The lowest BCUT2D eigenvalue weighted by molar-refractivity contribution is -0.116. The Kier molecular flexibility index (Phi) is 5.69. The first kappa shape index (κ1) is 17.0. The number of benzene rings is 1. The number of carbonyl (C=O) groups excluding carboxylic acids is 1. The fourth-order valence-corrected chi connectivity index (χ4v) is 3.26. The third-order valence-corrected chi connectivity index (χ3v) is 4.66. The fourth-order valence-electron chi connectivity index (χ4n) is 2.32. The molecule has 126 valence electrons. The molecule has 0 aliphatic carbocycles. The van der Waals surface area contributed by atoms with Crippen molar-refractivity contribution in [3.8, 4) is 10.4 Å². The van der Waals surface area contributed by atoms with Crippen molar-refractivity contribution < 1.29 is 9.18 Å². The van der Waals surface area contributed by atoms with Crippen molar-refractivity contribution in [2.75, 3.05) is 6.54 Å². The summed E-state index contributed by atoms with van der Waals surface area (Å²) in [6.45, 7) is 0.533. The lowest BCUT2D eigenvalue weighted by Crippen LogP contribution is -2.23. The van der Waals surface area contributed by atoms with Crippen LogP contribution >= 0.6 is 11.3 Å². The molecule has 0 spiro atoms. The van der Waals surface area contributed by atoms with Gasteiger partial charge in [0.15, 0.2) is 0 Å². The number of halogens is 1. The highest BCUT2D eigenvalue weighted by atomic mass is 32.1. The van der Waals surface area contributed by atoms with Gasteiger partial charge >= 0.3 is 0 Å². The minimum absolute atomic E-state index is 0.156. The second-order valence-electron chi connectivity index (χ2n) is 5.38. The smallest absolute Gasteiger partial charge is 0.244 e. The summed E-state index contributed by atoms with van der Waals surface area (Å²) in [4.78, 5) is 17.8. The highest BCUT2D eigenvalue weighted by molar-refractivity contribution is 7.16. The molecule has 0 saturated carbocycles. The Morgan fingerprint density at radius 3 is 2.76 bits per heavy atom. The topological polar surface area (TPSA) is 42.0 Å². The summed E-state index contributed by atoms with van der Waals surface area (Å²) < 4.78 is 13.8. The van der Waals surface area contributed by atoms with Gasteiger partial charge in [0.2, 0.25) is 5.91 Å². The zero-order valence-corrected chi connectivity index (χ0v) is 14.3. The maximum absolute atomic E-state index is 13.8. The number of aromatic nitrogens is 1. The van der Waals surface area contributed by atoms with E-state index in [4.69, 9.17) is 0 Å². The molecule has 5 heteroatoms. The summed E-state index contributed by atoms with van der Waals surface area (Å²) in [7, 11) is 0. The van der Waals surface area contributed by atoms with E-state index in [1.54, 1.807) is 24.4 Å². The van der Waals surface area contributed by atoms with E-state index in [1.807, 2.05) is 36.4 Å². The number of pyridine rings is 1. The molecule has 0 unspecified atom stereocenters. The third-order valence-electron chi connectivity index (χ3n) is 3.57. The van der Waals surface area contributed by atoms with Crippen LogP contribution in [0.3, 0.4) is 0 Å². The van der Waals surface area contributed by atoms with Gasteiger partial charge in [-0.25, -0.2) is 4.39 Å². The normalized spacial score (nSPS) is 10.9. The quantitative estimate of drug-likeness (QED) is 0.671. The van der Waals surface area contributed by atoms with Gasteiger partial charge < -0.3 is 5.32 Å². The van der Waals surface area contributed by atoms with E-state index >= 15 is 0 Å². The number of rotatable bonds is 6. The summed E-state index contributed by atoms with van der Waals surface area (Å²) in [5, 5.41) is 2.83. The van der Waals surface area contributed by atoms with Crippen LogP contribution in [0.25, 0.3) is 16.5 Å². The first-order valence-corrected chi connectivity index (χ1v) is 8.74. The van der Waals surface area contributed by atoms with Crippen LogP contribution in [0.2, 0.25) is 0 Å². The second kappa shape index (κ2) is 8.35. The first-order chi connectivity index (χ1) is 12.2. The number of hydrogen-bond acceptors (Lipinski definition) is 3. The molecular weight excluding hydrogens is 335 g/mol. The van der Waals surface area contributed by atoms with Gasteiger partial charge in [-0.3, -0.25) is 9.78 Å². The van der Waals surface area contributed by atoms with E-state index < -0.39 is 0 Å². The van der Waals surface area contributed by atoms with Crippen molar-refractivity contribution in [2.45, 2.75) is 6.42 Å². The number of hydrogen-bond donors (Lipinski definition) is 1. The highest BCUT2D eigenvalue weighted by Gasteiger charge is 2.06. The molecule has 1 aromatic carbocycles. The van der Waals surface area contributed by atoms with Crippen molar-refractivity contribution in [2.24, 2.45) is 0 Å². The molecule has 25 heavy (non-hydrogen) atoms. The molecular formula is C20H17FN2OS. The molecule has 2 aromatic heterocycles. The fraction of sp³-hybridized carbons (Fsp3) is 0.100. The van der Waals surface area contributed by atoms with Crippen LogP contribution in [0, 0.1) is 5.82 Å². The molecule has 3 aromatic rings. The lowest BCUT2D eigenvalue weighted by atomic mass is 10.2. The van der Waals surface area contributed by atoms with Gasteiger partial charge in [0, 0.05) is 46.3 Å². The predicted octanol–water partition coefficient (Wildman–Crippen LogP) is 4.32. The maximum Gasteiger partial charge on any atom is 0.244 e. The van der Waals surface area contributed by atoms with E-state index in [1.165, 1.54) is 23.5 Å². The van der Waals surface area contributed by atoms with Crippen LogP contribution in [0.15, 0.2) is 66.9 Å². The van der Waals surface area contributed by atoms with Crippen molar-refractivity contribution in [3.05, 3.63) is 83.3 Å². The van der Waals surface area contributed by atoms with Gasteiger partial charge in [-0.2, -0.15) is 0 Å². The second-order valence-corrected chi connectivity index (χ2v) is 6.49.